The van der Waals surface area contributed by atoms with Crippen molar-refractivity contribution < 1.29 is 9.13 Å². The van der Waals surface area contributed by atoms with Gasteiger partial charge in [0.15, 0.2) is 18.3 Å². The van der Waals surface area contributed by atoms with Gasteiger partial charge in [-0.25, -0.2) is 4.39 Å². The normalized spacial score (nSPS) is 10.8. The number of thiazole rings is 1. The number of rotatable bonds is 3. The average molecular weight is 275 g/mol. The summed E-state index contributed by atoms with van der Waals surface area (Å²) in [6.45, 7) is 0.00375. The maximum atomic E-state index is 13.4. The molecule has 1 heterocycles. The molecule has 19 heavy (non-hydrogen) atoms. The molecule has 0 atom stereocenters. The first-order valence-electron chi connectivity index (χ1n) is 5.71. The zero-order valence-electron chi connectivity index (χ0n) is 9.88. The average Bonchev–Trinajstić information content (AvgIpc) is 2.74. The van der Waals surface area contributed by atoms with Crippen LogP contribution >= 0.6 is 11.3 Å². The Morgan fingerprint density at radius 1 is 1.11 bits per heavy atom. The molecule has 0 saturated heterocycles. The fraction of sp³-hybridized carbons (Fsp3) is 0.0714. The highest BCUT2D eigenvalue weighted by molar-refractivity contribution is 7.16. The van der Waals surface area contributed by atoms with Crippen molar-refractivity contribution in [2.45, 2.75) is 6.73 Å². The Morgan fingerprint density at radius 3 is 2.68 bits per heavy atom. The zero-order valence-corrected chi connectivity index (χ0v) is 10.7. The van der Waals surface area contributed by atoms with E-state index in [2.05, 4.69) is 0 Å². The van der Waals surface area contributed by atoms with E-state index in [1.807, 2.05) is 24.3 Å². The van der Waals surface area contributed by atoms with Crippen LogP contribution in [-0.4, -0.2) is 4.57 Å². The summed E-state index contributed by atoms with van der Waals surface area (Å²) in [5, 5.41) is 0. The first-order chi connectivity index (χ1) is 9.25. The van der Waals surface area contributed by atoms with Gasteiger partial charge in [0.2, 0.25) is 0 Å². The van der Waals surface area contributed by atoms with Gasteiger partial charge < -0.3 is 4.74 Å². The Hall–Kier alpha value is -2.14. The molecule has 0 aliphatic rings. The number of fused-ring (bicyclic) bond motifs is 1. The van der Waals surface area contributed by atoms with Crippen molar-refractivity contribution in [3.05, 3.63) is 64.0 Å². The lowest BCUT2D eigenvalue weighted by Gasteiger charge is -2.07. The summed E-state index contributed by atoms with van der Waals surface area (Å²) in [6.07, 6.45) is 0. The Labute approximate surface area is 112 Å². The lowest BCUT2D eigenvalue weighted by atomic mass is 10.3. The number of hydrogen-bond acceptors (Lipinski definition) is 3. The number of aromatic nitrogens is 1. The van der Waals surface area contributed by atoms with Crippen molar-refractivity contribution in [3.8, 4) is 5.75 Å². The molecule has 0 fully saturated rings. The Kier molecular flexibility index (Phi) is 3.05. The van der Waals surface area contributed by atoms with Gasteiger partial charge in [0, 0.05) is 0 Å². The topological polar surface area (TPSA) is 31.2 Å². The molecule has 0 radical (unpaired) electrons. The third-order valence-electron chi connectivity index (χ3n) is 2.76. The van der Waals surface area contributed by atoms with Crippen molar-refractivity contribution >= 4 is 21.6 Å². The third kappa shape index (κ3) is 2.24. The number of para-hydroxylation sites is 2. The van der Waals surface area contributed by atoms with E-state index in [1.54, 1.807) is 12.1 Å². The summed E-state index contributed by atoms with van der Waals surface area (Å²) >= 11 is 1.15. The van der Waals surface area contributed by atoms with Crippen molar-refractivity contribution in [2.24, 2.45) is 0 Å². The van der Waals surface area contributed by atoms with Crippen LogP contribution in [0.1, 0.15) is 0 Å². The van der Waals surface area contributed by atoms with Gasteiger partial charge in [-0.2, -0.15) is 0 Å². The van der Waals surface area contributed by atoms with Crippen LogP contribution in [0.3, 0.4) is 0 Å². The highest BCUT2D eigenvalue weighted by Gasteiger charge is 2.08. The molecular weight excluding hydrogens is 265 g/mol. The molecule has 3 nitrogen and oxygen atoms in total. The van der Waals surface area contributed by atoms with E-state index in [4.69, 9.17) is 4.74 Å². The van der Waals surface area contributed by atoms with Crippen molar-refractivity contribution in [1.82, 2.24) is 4.57 Å². The fourth-order valence-electron chi connectivity index (χ4n) is 1.83. The molecule has 2 aromatic carbocycles. The minimum atomic E-state index is -0.435. The predicted molar refractivity (Wildman–Crippen MR) is 73.1 cm³/mol. The predicted octanol–water partition coefficient (Wildman–Crippen LogP) is 3.24. The molecule has 1 aromatic heterocycles. The third-order valence-corrected chi connectivity index (χ3v) is 3.72. The first-order valence-corrected chi connectivity index (χ1v) is 6.53. The largest absolute Gasteiger partial charge is 0.470 e. The van der Waals surface area contributed by atoms with Crippen LogP contribution in [0, 0.1) is 5.82 Å². The Bertz CT molecular complexity index is 778. The van der Waals surface area contributed by atoms with E-state index >= 15 is 0 Å². The summed E-state index contributed by atoms with van der Waals surface area (Å²) in [6, 6.07) is 13.6. The smallest absolute Gasteiger partial charge is 0.310 e. The number of benzene rings is 2. The second-order valence-electron chi connectivity index (χ2n) is 3.97. The SMILES string of the molecule is O=c1sc2ccccc2n1COc1ccccc1F. The zero-order chi connectivity index (χ0) is 13.2. The number of ether oxygens (including phenoxy) is 1. The lowest BCUT2D eigenvalue weighted by molar-refractivity contribution is 0.228. The Morgan fingerprint density at radius 2 is 1.84 bits per heavy atom. The minimum Gasteiger partial charge on any atom is -0.470 e. The minimum absolute atomic E-state index is 0.00375. The second-order valence-corrected chi connectivity index (χ2v) is 4.96. The maximum Gasteiger partial charge on any atom is 0.310 e. The van der Waals surface area contributed by atoms with E-state index in [0.717, 1.165) is 21.6 Å². The maximum absolute atomic E-state index is 13.4. The molecule has 5 heteroatoms. The van der Waals surface area contributed by atoms with Gasteiger partial charge in [-0.1, -0.05) is 35.6 Å². The summed E-state index contributed by atoms with van der Waals surface area (Å²) in [5.41, 5.74) is 0.800. The van der Waals surface area contributed by atoms with Crippen LogP contribution in [0.2, 0.25) is 0 Å². The molecule has 0 aliphatic heterocycles. The van der Waals surface area contributed by atoms with E-state index < -0.39 is 5.82 Å². The van der Waals surface area contributed by atoms with Crippen LogP contribution in [0.25, 0.3) is 10.2 Å². The number of halogens is 1. The van der Waals surface area contributed by atoms with E-state index in [1.165, 1.54) is 16.7 Å². The molecule has 0 N–H and O–H groups in total. The van der Waals surface area contributed by atoms with Gasteiger partial charge in [-0.05, 0) is 24.3 Å². The summed E-state index contributed by atoms with van der Waals surface area (Å²) in [5.74, 6) is -0.292. The molecule has 3 aromatic rings. The summed E-state index contributed by atoms with van der Waals surface area (Å²) < 4.78 is 21.2. The highest BCUT2D eigenvalue weighted by atomic mass is 32.1. The summed E-state index contributed by atoms with van der Waals surface area (Å²) in [7, 11) is 0. The number of nitrogens with zero attached hydrogens (tertiary/aromatic N) is 1. The van der Waals surface area contributed by atoms with Gasteiger partial charge >= 0.3 is 4.87 Å². The molecule has 0 unspecified atom stereocenters. The molecule has 0 spiro atoms. The summed E-state index contributed by atoms with van der Waals surface area (Å²) in [4.78, 5) is 11.7. The van der Waals surface area contributed by atoms with Gasteiger partial charge in [0.05, 0.1) is 10.2 Å². The van der Waals surface area contributed by atoms with Crippen molar-refractivity contribution in [2.75, 3.05) is 0 Å². The quantitative estimate of drug-likeness (QED) is 0.734. The van der Waals surface area contributed by atoms with E-state index in [9.17, 15) is 9.18 Å². The van der Waals surface area contributed by atoms with Crippen LogP contribution in [0.5, 0.6) is 5.75 Å². The lowest BCUT2D eigenvalue weighted by Crippen LogP contribution is -2.16. The molecule has 3 rings (SSSR count). The monoisotopic (exact) mass is 275 g/mol. The standard InChI is InChI=1S/C14H10FNO2S/c15-10-5-1-3-7-12(10)18-9-16-11-6-2-4-8-13(11)19-14(16)17/h1-8H,9H2. The van der Waals surface area contributed by atoms with Crippen molar-refractivity contribution in [3.63, 3.8) is 0 Å². The number of hydrogen-bond donors (Lipinski definition) is 0. The molecule has 96 valence electrons. The van der Waals surface area contributed by atoms with Gasteiger partial charge in [0.25, 0.3) is 0 Å². The first kappa shape index (κ1) is 11.9. The fourth-order valence-corrected chi connectivity index (χ4v) is 2.71. The van der Waals surface area contributed by atoms with Crippen LogP contribution in [0.15, 0.2) is 53.3 Å². The van der Waals surface area contributed by atoms with Crippen molar-refractivity contribution in [1.29, 1.82) is 0 Å². The molecule has 0 amide bonds. The van der Waals surface area contributed by atoms with Gasteiger partial charge in [-0.15, -0.1) is 0 Å². The van der Waals surface area contributed by atoms with Crippen LogP contribution in [-0.2, 0) is 6.73 Å². The van der Waals surface area contributed by atoms with E-state index in [-0.39, 0.29) is 17.4 Å². The van der Waals surface area contributed by atoms with E-state index in [0.29, 0.717) is 0 Å². The van der Waals surface area contributed by atoms with Crippen LogP contribution < -0.4 is 9.61 Å². The second kappa shape index (κ2) is 4.85. The van der Waals surface area contributed by atoms with Gasteiger partial charge in [0.1, 0.15) is 0 Å². The van der Waals surface area contributed by atoms with Crippen LogP contribution in [0.4, 0.5) is 4.39 Å². The molecular formula is C14H10FNO2S. The van der Waals surface area contributed by atoms with Gasteiger partial charge in [-0.3, -0.25) is 9.36 Å². The Balaban J connectivity index is 1.92. The molecule has 0 saturated carbocycles. The molecule has 0 bridgehead atoms. The molecule has 0 aliphatic carbocycles. The highest BCUT2D eigenvalue weighted by Crippen LogP contribution is 2.19.